The number of phenolic OH excluding ortho intramolecular Hbond substituents is 1. The molecule has 0 fully saturated rings. The van der Waals surface area contributed by atoms with Crippen molar-refractivity contribution in [3.63, 3.8) is 0 Å². The summed E-state index contributed by atoms with van der Waals surface area (Å²) in [5, 5.41) is 17.5. The number of ether oxygens (including phenoxy) is 1. The Hall–Kier alpha value is -2.62. The predicted molar refractivity (Wildman–Crippen MR) is 119 cm³/mol. The molecule has 0 bridgehead atoms. The van der Waals surface area contributed by atoms with Crippen LogP contribution in [0.2, 0.25) is 0 Å². The summed E-state index contributed by atoms with van der Waals surface area (Å²) in [5.41, 5.74) is 0.630. The molecule has 0 saturated carbocycles. The lowest BCUT2D eigenvalue weighted by Gasteiger charge is -2.27. The number of benzene rings is 1. The number of methoxy groups -OCH3 is 1. The third-order valence-electron chi connectivity index (χ3n) is 4.84. The lowest BCUT2D eigenvalue weighted by molar-refractivity contribution is -0.145. The van der Waals surface area contributed by atoms with Crippen LogP contribution in [0.5, 0.6) is 5.75 Å². The van der Waals surface area contributed by atoms with Gasteiger partial charge in [-0.25, -0.2) is 4.79 Å². The minimum absolute atomic E-state index is 0.0386. The van der Waals surface area contributed by atoms with Gasteiger partial charge in [-0.15, -0.1) is 0 Å². The Morgan fingerprint density at radius 1 is 1.10 bits per heavy atom. The maximum Gasteiger partial charge on any atom is 0.328 e. The van der Waals surface area contributed by atoms with Crippen molar-refractivity contribution < 1.29 is 29.0 Å². The molecule has 4 N–H and O–H groups in total. The van der Waals surface area contributed by atoms with Gasteiger partial charge in [0.05, 0.1) is 12.4 Å². The van der Waals surface area contributed by atoms with Gasteiger partial charge in [-0.2, -0.15) is 0 Å². The summed E-state index contributed by atoms with van der Waals surface area (Å²) in [4.78, 5) is 49.2. The molecule has 3 amide bonds. The third kappa shape index (κ3) is 8.56. The molecule has 0 spiro atoms. The van der Waals surface area contributed by atoms with Gasteiger partial charge in [0.25, 0.3) is 0 Å². The SMILES string of the molecule is CC[C@H](C)[C@H](NC(=O)[C@H](C)NC(=O)CBr)C(=O)NC(Cc1cccc(O)c1)C(=O)OC. The number of hydrogen-bond donors (Lipinski definition) is 4. The van der Waals surface area contributed by atoms with Gasteiger partial charge in [-0.05, 0) is 30.5 Å². The third-order valence-corrected chi connectivity index (χ3v) is 5.35. The van der Waals surface area contributed by atoms with Gasteiger partial charge in [0, 0.05) is 6.42 Å². The number of aromatic hydroxyl groups is 1. The van der Waals surface area contributed by atoms with E-state index < -0.39 is 35.9 Å². The first kappa shape index (κ1) is 26.4. The van der Waals surface area contributed by atoms with Crippen LogP contribution in [-0.2, 0) is 30.3 Å². The molecule has 0 aliphatic heterocycles. The van der Waals surface area contributed by atoms with Gasteiger partial charge in [0.15, 0.2) is 0 Å². The molecule has 172 valence electrons. The van der Waals surface area contributed by atoms with Crippen molar-refractivity contribution in [3.05, 3.63) is 29.8 Å². The number of amides is 3. The molecule has 0 saturated heterocycles. The summed E-state index contributed by atoms with van der Waals surface area (Å²) in [6, 6.07) is 3.57. The number of carbonyl (C=O) groups is 4. The first-order valence-corrected chi connectivity index (χ1v) is 11.1. The average Bonchev–Trinajstić information content (AvgIpc) is 2.75. The first-order valence-electron chi connectivity index (χ1n) is 9.94. The molecular formula is C21H30BrN3O6. The highest BCUT2D eigenvalue weighted by atomic mass is 79.9. The van der Waals surface area contributed by atoms with E-state index in [2.05, 4.69) is 31.9 Å². The lowest BCUT2D eigenvalue weighted by Crippen LogP contribution is -2.57. The van der Waals surface area contributed by atoms with E-state index in [-0.39, 0.29) is 29.3 Å². The molecule has 31 heavy (non-hydrogen) atoms. The van der Waals surface area contributed by atoms with E-state index in [1.165, 1.54) is 26.2 Å². The Morgan fingerprint density at radius 2 is 1.77 bits per heavy atom. The van der Waals surface area contributed by atoms with Gasteiger partial charge < -0.3 is 25.8 Å². The minimum atomic E-state index is -1.01. The molecule has 0 heterocycles. The van der Waals surface area contributed by atoms with Crippen molar-refractivity contribution in [1.82, 2.24) is 16.0 Å². The standard InChI is InChI=1S/C21H30BrN3O6/c1-5-12(2)18(25-19(28)13(3)23-17(27)11-22)20(29)24-16(21(30)31-4)10-14-7-6-8-15(26)9-14/h6-9,12-13,16,18,26H,5,10-11H2,1-4H3,(H,23,27)(H,24,29)(H,25,28)/t12-,13-,16?,18-/m0/s1. The number of alkyl halides is 1. The van der Waals surface area contributed by atoms with Crippen LogP contribution in [0.1, 0.15) is 32.8 Å². The average molecular weight is 500 g/mol. The summed E-state index contributed by atoms with van der Waals surface area (Å²) in [6.07, 6.45) is 0.696. The molecule has 1 unspecified atom stereocenters. The summed E-state index contributed by atoms with van der Waals surface area (Å²) in [6.45, 7) is 5.19. The van der Waals surface area contributed by atoms with Crippen LogP contribution in [0.3, 0.4) is 0 Å². The fourth-order valence-electron chi connectivity index (χ4n) is 2.84. The van der Waals surface area contributed by atoms with E-state index in [1.54, 1.807) is 19.1 Å². The number of carbonyl (C=O) groups excluding carboxylic acids is 4. The van der Waals surface area contributed by atoms with Crippen LogP contribution in [0, 0.1) is 5.92 Å². The van der Waals surface area contributed by atoms with E-state index >= 15 is 0 Å². The van der Waals surface area contributed by atoms with Gasteiger partial charge >= 0.3 is 5.97 Å². The van der Waals surface area contributed by atoms with Crippen LogP contribution in [0.25, 0.3) is 0 Å². The van der Waals surface area contributed by atoms with Crippen molar-refractivity contribution in [3.8, 4) is 5.75 Å². The predicted octanol–water partition coefficient (Wildman–Crippen LogP) is 1.02. The van der Waals surface area contributed by atoms with Gasteiger partial charge in [0.1, 0.15) is 23.9 Å². The smallest absolute Gasteiger partial charge is 0.328 e. The number of halogens is 1. The summed E-state index contributed by atoms with van der Waals surface area (Å²) in [7, 11) is 1.21. The lowest BCUT2D eigenvalue weighted by atomic mass is 9.97. The molecule has 0 aliphatic carbocycles. The van der Waals surface area contributed by atoms with Crippen molar-refractivity contribution in [2.45, 2.75) is 51.7 Å². The monoisotopic (exact) mass is 499 g/mol. The Labute approximate surface area is 190 Å². The highest BCUT2D eigenvalue weighted by Gasteiger charge is 2.31. The highest BCUT2D eigenvalue weighted by molar-refractivity contribution is 9.09. The number of hydrogen-bond acceptors (Lipinski definition) is 6. The maximum absolute atomic E-state index is 13.0. The fourth-order valence-corrected chi connectivity index (χ4v) is 3.00. The topological polar surface area (TPSA) is 134 Å². The molecule has 4 atom stereocenters. The van der Waals surface area contributed by atoms with Crippen molar-refractivity contribution in [2.75, 3.05) is 12.4 Å². The Balaban J connectivity index is 2.96. The second-order valence-corrected chi connectivity index (χ2v) is 7.81. The normalized spacial score (nSPS) is 14.5. The molecule has 0 aromatic heterocycles. The zero-order valence-corrected chi connectivity index (χ0v) is 19.7. The summed E-state index contributed by atoms with van der Waals surface area (Å²) >= 11 is 3.01. The fraction of sp³-hybridized carbons (Fsp3) is 0.524. The van der Waals surface area contributed by atoms with Crippen LogP contribution < -0.4 is 16.0 Å². The van der Waals surface area contributed by atoms with Gasteiger partial charge in [-0.3, -0.25) is 14.4 Å². The zero-order valence-electron chi connectivity index (χ0n) is 18.1. The van der Waals surface area contributed by atoms with Crippen molar-refractivity contribution >= 4 is 39.6 Å². The molecule has 10 heteroatoms. The molecule has 1 aromatic carbocycles. The number of esters is 1. The molecule has 9 nitrogen and oxygen atoms in total. The van der Waals surface area contributed by atoms with Crippen molar-refractivity contribution in [1.29, 1.82) is 0 Å². The van der Waals surface area contributed by atoms with Crippen LogP contribution in [0.4, 0.5) is 0 Å². The first-order chi connectivity index (χ1) is 14.6. The van der Waals surface area contributed by atoms with Gasteiger partial charge in [0.2, 0.25) is 17.7 Å². The second kappa shape index (κ2) is 12.9. The van der Waals surface area contributed by atoms with Crippen molar-refractivity contribution in [2.24, 2.45) is 5.92 Å². The molecule has 1 aromatic rings. The summed E-state index contributed by atoms with van der Waals surface area (Å²) in [5.74, 6) is -2.26. The second-order valence-electron chi connectivity index (χ2n) is 7.25. The Bertz CT molecular complexity index is 788. The van der Waals surface area contributed by atoms with Crippen LogP contribution >= 0.6 is 15.9 Å². The molecule has 1 rings (SSSR count). The van der Waals surface area contributed by atoms with E-state index in [9.17, 15) is 24.3 Å². The van der Waals surface area contributed by atoms with Crippen LogP contribution in [0.15, 0.2) is 24.3 Å². The molecule has 0 aliphatic rings. The highest BCUT2D eigenvalue weighted by Crippen LogP contribution is 2.14. The largest absolute Gasteiger partial charge is 0.508 e. The zero-order chi connectivity index (χ0) is 23.6. The summed E-state index contributed by atoms with van der Waals surface area (Å²) < 4.78 is 4.80. The van der Waals surface area contributed by atoms with Gasteiger partial charge in [-0.1, -0.05) is 48.3 Å². The maximum atomic E-state index is 13.0. The molecular weight excluding hydrogens is 470 g/mol. The molecule has 0 radical (unpaired) electrons. The van der Waals surface area contributed by atoms with E-state index in [4.69, 9.17) is 4.74 Å². The quantitative estimate of drug-likeness (QED) is 0.265. The van der Waals surface area contributed by atoms with Crippen LogP contribution in [-0.4, -0.2) is 59.4 Å². The van der Waals surface area contributed by atoms with E-state index in [0.717, 1.165) is 0 Å². The Kier molecular flexibility index (Phi) is 11.0. The van der Waals surface area contributed by atoms with E-state index in [1.807, 2.05) is 6.92 Å². The number of rotatable bonds is 11. The minimum Gasteiger partial charge on any atom is -0.508 e. The van der Waals surface area contributed by atoms with E-state index in [0.29, 0.717) is 12.0 Å². The number of nitrogens with one attached hydrogen (secondary N) is 3. The number of phenols is 1. The Morgan fingerprint density at radius 3 is 2.32 bits per heavy atom.